The topological polar surface area (TPSA) is 110 Å². The van der Waals surface area contributed by atoms with Gasteiger partial charge < -0.3 is 9.84 Å². The zero-order valence-electron chi connectivity index (χ0n) is 26.7. The third-order valence-corrected chi connectivity index (χ3v) is 10.8. The van der Waals surface area contributed by atoms with Gasteiger partial charge in [-0.1, -0.05) is 11.6 Å². The second-order valence-electron chi connectivity index (χ2n) is 12.6. The number of ether oxygens (including phenoxy) is 1. The highest BCUT2D eigenvalue weighted by Crippen LogP contribution is 2.40. The summed E-state index contributed by atoms with van der Waals surface area (Å²) in [7, 11) is 0. The Morgan fingerprint density at radius 3 is 2.83 bits per heavy atom. The summed E-state index contributed by atoms with van der Waals surface area (Å²) in [5.41, 5.74) is 4.87. The standard InChI is InChI=1S/C36H35ClFN5O4S/c1-20-15-26(34-33(40-20)28(19-48-34)36(45)46)25-16-23(37)7-10-31(25)47-14-13-43-21(2)41-30-9-8-24(17-27(30)35(43)44)42-12-4-5-22(18-42)32-29(38)6-3-11-39-32/h3,6-7,10-11,15-16,19,22,24H,4-5,8-9,12-14,17-18H2,1-2H3,(H,45,46)/t22-,24-/m0/s1. The molecule has 248 valence electrons. The summed E-state index contributed by atoms with van der Waals surface area (Å²) in [6, 6.07) is 10.5. The number of nitrogens with zero attached hydrogens (tertiary/aromatic N) is 5. The molecule has 0 radical (unpaired) electrons. The number of aryl methyl sites for hydroxylation is 3. The van der Waals surface area contributed by atoms with Crippen LogP contribution in [0.15, 0.2) is 52.8 Å². The normalized spacial score (nSPS) is 18.2. The molecule has 1 fully saturated rings. The van der Waals surface area contributed by atoms with E-state index in [2.05, 4.69) is 14.9 Å². The number of hydrogen-bond donors (Lipinski definition) is 1. The van der Waals surface area contributed by atoms with E-state index >= 15 is 0 Å². The summed E-state index contributed by atoms with van der Waals surface area (Å²) in [4.78, 5) is 41.9. The van der Waals surface area contributed by atoms with Crippen molar-refractivity contribution in [2.75, 3.05) is 19.7 Å². The van der Waals surface area contributed by atoms with Gasteiger partial charge in [-0.3, -0.25) is 24.2 Å². The molecule has 5 heterocycles. The molecule has 5 aromatic rings. The van der Waals surface area contributed by atoms with Crippen LogP contribution < -0.4 is 10.3 Å². The zero-order valence-corrected chi connectivity index (χ0v) is 28.3. The zero-order chi connectivity index (χ0) is 33.5. The second kappa shape index (κ2) is 13.4. The maximum atomic E-state index is 14.5. The number of pyridine rings is 2. The number of halogens is 2. The van der Waals surface area contributed by atoms with Gasteiger partial charge in [0.1, 0.15) is 24.0 Å². The molecule has 2 atom stereocenters. The lowest BCUT2D eigenvalue weighted by molar-refractivity contribution is 0.0699. The Labute approximate surface area is 286 Å². The molecule has 0 unspecified atom stereocenters. The number of carboxylic acids is 1. The van der Waals surface area contributed by atoms with Crippen molar-refractivity contribution in [1.29, 1.82) is 0 Å². The number of likely N-dealkylation sites (tertiary alicyclic amines) is 1. The first kappa shape index (κ1) is 32.4. The van der Waals surface area contributed by atoms with Crippen molar-refractivity contribution in [3.63, 3.8) is 0 Å². The highest BCUT2D eigenvalue weighted by atomic mass is 35.5. The van der Waals surface area contributed by atoms with E-state index in [1.807, 2.05) is 19.9 Å². The summed E-state index contributed by atoms with van der Waals surface area (Å²) in [5.74, 6) is -0.0323. The first-order valence-electron chi connectivity index (χ1n) is 16.2. The summed E-state index contributed by atoms with van der Waals surface area (Å²) in [6.45, 7) is 5.83. The van der Waals surface area contributed by atoms with Crippen molar-refractivity contribution in [2.24, 2.45) is 0 Å². The number of carbonyl (C=O) groups is 1. The van der Waals surface area contributed by atoms with Crippen molar-refractivity contribution in [2.45, 2.75) is 64.5 Å². The molecular formula is C36H35ClFN5O4S. The predicted octanol–water partition coefficient (Wildman–Crippen LogP) is 6.84. The van der Waals surface area contributed by atoms with E-state index in [1.54, 1.807) is 40.4 Å². The molecule has 48 heavy (non-hydrogen) atoms. The van der Waals surface area contributed by atoms with Crippen LogP contribution in [0.1, 0.15) is 64.0 Å². The van der Waals surface area contributed by atoms with Gasteiger partial charge in [0.15, 0.2) is 0 Å². The number of benzene rings is 1. The molecule has 7 rings (SSSR count). The number of hydrogen-bond acceptors (Lipinski definition) is 8. The van der Waals surface area contributed by atoms with Gasteiger partial charge in [0.25, 0.3) is 5.56 Å². The minimum atomic E-state index is -1.03. The fourth-order valence-electron chi connectivity index (χ4n) is 7.22. The molecule has 1 N–H and O–H groups in total. The van der Waals surface area contributed by atoms with Crippen LogP contribution in [0.2, 0.25) is 5.02 Å². The number of thiophene rings is 1. The summed E-state index contributed by atoms with van der Waals surface area (Å²) < 4.78 is 23.3. The Balaban J connectivity index is 1.10. The molecule has 1 aromatic carbocycles. The number of piperidine rings is 1. The lowest BCUT2D eigenvalue weighted by Gasteiger charge is -2.40. The minimum Gasteiger partial charge on any atom is -0.491 e. The summed E-state index contributed by atoms with van der Waals surface area (Å²) in [5, 5.41) is 11.8. The molecule has 12 heteroatoms. The van der Waals surface area contributed by atoms with E-state index < -0.39 is 5.97 Å². The van der Waals surface area contributed by atoms with Crippen LogP contribution in [0.3, 0.4) is 0 Å². The lowest BCUT2D eigenvalue weighted by atomic mass is 9.87. The molecule has 1 aliphatic carbocycles. The van der Waals surface area contributed by atoms with Crippen LogP contribution in [-0.2, 0) is 19.4 Å². The van der Waals surface area contributed by atoms with Crippen LogP contribution in [0, 0.1) is 19.7 Å². The number of rotatable bonds is 8. The van der Waals surface area contributed by atoms with E-state index in [-0.39, 0.29) is 35.5 Å². The Bertz CT molecular complexity index is 2100. The Kier molecular flexibility index (Phi) is 9.02. The quantitative estimate of drug-likeness (QED) is 0.189. The summed E-state index contributed by atoms with van der Waals surface area (Å²) in [6.07, 6.45) is 5.76. The first-order chi connectivity index (χ1) is 23.2. The third-order valence-electron chi connectivity index (χ3n) is 9.52. The smallest absolute Gasteiger partial charge is 0.338 e. The second-order valence-corrected chi connectivity index (χ2v) is 13.9. The van der Waals surface area contributed by atoms with E-state index in [0.717, 1.165) is 65.9 Å². The fourth-order valence-corrected chi connectivity index (χ4v) is 8.40. The highest BCUT2D eigenvalue weighted by molar-refractivity contribution is 7.18. The molecule has 0 saturated carbocycles. The maximum Gasteiger partial charge on any atom is 0.338 e. The lowest BCUT2D eigenvalue weighted by Crippen LogP contribution is -2.46. The monoisotopic (exact) mass is 687 g/mol. The Morgan fingerprint density at radius 2 is 2.02 bits per heavy atom. The highest BCUT2D eigenvalue weighted by Gasteiger charge is 2.33. The molecule has 0 spiro atoms. The van der Waals surface area contributed by atoms with Crippen LogP contribution in [0.25, 0.3) is 21.3 Å². The minimum absolute atomic E-state index is 0.0373. The van der Waals surface area contributed by atoms with E-state index in [9.17, 15) is 19.1 Å². The molecule has 0 bridgehead atoms. The van der Waals surface area contributed by atoms with Gasteiger partial charge in [0.2, 0.25) is 0 Å². The van der Waals surface area contributed by atoms with Gasteiger partial charge in [-0.15, -0.1) is 11.3 Å². The third kappa shape index (κ3) is 6.22. The molecule has 1 saturated heterocycles. The van der Waals surface area contributed by atoms with Crippen molar-refractivity contribution < 1.29 is 19.0 Å². The summed E-state index contributed by atoms with van der Waals surface area (Å²) >= 11 is 7.74. The van der Waals surface area contributed by atoms with Gasteiger partial charge in [-0.2, -0.15) is 0 Å². The van der Waals surface area contributed by atoms with Crippen LogP contribution in [0.4, 0.5) is 4.39 Å². The van der Waals surface area contributed by atoms with Gasteiger partial charge in [-0.05, 0) is 88.9 Å². The largest absolute Gasteiger partial charge is 0.491 e. The van der Waals surface area contributed by atoms with E-state index in [1.165, 1.54) is 17.4 Å². The van der Waals surface area contributed by atoms with Crippen LogP contribution in [-0.4, -0.2) is 61.2 Å². The molecule has 2 aliphatic rings. The number of aromatic carboxylic acids is 1. The van der Waals surface area contributed by atoms with Crippen molar-refractivity contribution in [3.05, 3.63) is 103 Å². The van der Waals surface area contributed by atoms with Gasteiger partial charge >= 0.3 is 5.97 Å². The predicted molar refractivity (Wildman–Crippen MR) is 184 cm³/mol. The van der Waals surface area contributed by atoms with Crippen molar-refractivity contribution >= 4 is 39.1 Å². The molecule has 4 aromatic heterocycles. The first-order valence-corrected chi connectivity index (χ1v) is 17.4. The molecule has 1 aliphatic heterocycles. The Hall–Kier alpha value is -4.19. The Morgan fingerprint density at radius 1 is 1.17 bits per heavy atom. The van der Waals surface area contributed by atoms with Gasteiger partial charge in [0, 0.05) is 57.5 Å². The van der Waals surface area contributed by atoms with Gasteiger partial charge in [-0.25, -0.2) is 14.2 Å². The average molecular weight is 688 g/mol. The van der Waals surface area contributed by atoms with Crippen molar-refractivity contribution in [1.82, 2.24) is 24.4 Å². The molecule has 0 amide bonds. The number of carboxylic acid groups (broad SMARTS) is 1. The van der Waals surface area contributed by atoms with Crippen LogP contribution >= 0.6 is 22.9 Å². The number of fused-ring (bicyclic) bond motifs is 2. The van der Waals surface area contributed by atoms with Crippen LogP contribution in [0.5, 0.6) is 5.75 Å². The van der Waals surface area contributed by atoms with E-state index in [4.69, 9.17) is 21.3 Å². The van der Waals surface area contributed by atoms with Crippen molar-refractivity contribution in [3.8, 4) is 16.9 Å². The maximum absolute atomic E-state index is 14.5. The fraction of sp³-hybridized carbons (Fsp3) is 0.361. The SMILES string of the molecule is Cc1cc(-c2cc(Cl)ccc2OCCn2c(C)nc3c(c2=O)C[C@@H](N2CCC[C@H](c4ncccc4F)C2)CC3)c2scc(C(=O)O)c2n1. The number of aromatic nitrogens is 4. The average Bonchev–Trinajstić information content (AvgIpc) is 3.51. The van der Waals surface area contributed by atoms with Gasteiger partial charge in [0.05, 0.1) is 33.7 Å². The molecular weight excluding hydrogens is 653 g/mol. The van der Waals surface area contributed by atoms with E-state index in [0.29, 0.717) is 46.5 Å². The molecule has 9 nitrogen and oxygen atoms in total.